The minimum atomic E-state index is -1.08. The lowest BCUT2D eigenvalue weighted by Gasteiger charge is -2.15. The highest BCUT2D eigenvalue weighted by Gasteiger charge is 2.12. The summed E-state index contributed by atoms with van der Waals surface area (Å²) in [5, 5.41) is 19.1. The summed E-state index contributed by atoms with van der Waals surface area (Å²) in [6, 6.07) is 10.1. The Morgan fingerprint density at radius 2 is 2.04 bits per heavy atom. The Hall–Kier alpha value is -2.20. The molecule has 0 aliphatic carbocycles. The lowest BCUT2D eigenvalue weighted by atomic mass is 10.1. The van der Waals surface area contributed by atoms with Crippen molar-refractivity contribution in [1.29, 1.82) is 5.26 Å². The summed E-state index contributed by atoms with van der Waals surface area (Å²) < 4.78 is 7.65. The molecule has 0 bridgehead atoms. The van der Waals surface area contributed by atoms with Crippen molar-refractivity contribution in [1.82, 2.24) is 9.55 Å². The fraction of sp³-hybridized carbons (Fsp3) is 0.368. The smallest absolute Gasteiger partial charge is 0.134 e. The van der Waals surface area contributed by atoms with Gasteiger partial charge in [-0.15, -0.1) is 0 Å². The van der Waals surface area contributed by atoms with E-state index in [-0.39, 0.29) is 0 Å². The number of hydrogen-bond donors (Lipinski definition) is 1. The molecule has 1 unspecified atom stereocenters. The van der Waals surface area contributed by atoms with E-state index in [1.807, 2.05) is 10.8 Å². The zero-order valence-electron chi connectivity index (χ0n) is 15.0. The van der Waals surface area contributed by atoms with Gasteiger partial charge in [-0.1, -0.05) is 31.8 Å². The summed E-state index contributed by atoms with van der Waals surface area (Å²) in [6.45, 7) is 8.19. The molecule has 0 saturated carbocycles. The second-order valence-electron chi connectivity index (χ2n) is 7.14. The van der Waals surface area contributed by atoms with Crippen LogP contribution in [-0.2, 0) is 11.5 Å². The number of ether oxygens (including phenoxy) is 1. The molecule has 25 heavy (non-hydrogen) atoms. The average molecular weight is 356 g/mol. The van der Waals surface area contributed by atoms with Crippen LogP contribution in [0.15, 0.2) is 42.7 Å². The number of aromatic nitrogens is 2. The van der Waals surface area contributed by atoms with Crippen molar-refractivity contribution >= 4 is 14.1 Å². The van der Waals surface area contributed by atoms with Crippen molar-refractivity contribution in [2.75, 3.05) is 6.61 Å². The molecule has 0 aliphatic rings. The van der Waals surface area contributed by atoms with Crippen LogP contribution in [0.25, 0.3) is 6.08 Å². The Morgan fingerprint density at radius 3 is 2.68 bits per heavy atom. The van der Waals surface area contributed by atoms with Gasteiger partial charge in [0.15, 0.2) is 0 Å². The zero-order valence-corrected chi connectivity index (χ0v) is 16.0. The number of aliphatic hydroxyl groups is 1. The predicted octanol–water partition coefficient (Wildman–Crippen LogP) is 3.81. The van der Waals surface area contributed by atoms with Gasteiger partial charge in [-0.05, 0) is 35.9 Å². The fourth-order valence-electron chi connectivity index (χ4n) is 2.17. The normalized spacial score (nSPS) is 13.1. The summed E-state index contributed by atoms with van der Waals surface area (Å²) in [7, 11) is -1.08. The van der Waals surface area contributed by atoms with E-state index in [1.165, 1.54) is 0 Å². The lowest BCUT2D eigenvalue weighted by molar-refractivity contribution is 0.0867. The zero-order chi connectivity index (χ0) is 18.3. The van der Waals surface area contributed by atoms with Crippen LogP contribution in [0, 0.1) is 11.3 Å². The summed E-state index contributed by atoms with van der Waals surface area (Å²) in [5.74, 6) is 0.737. The van der Waals surface area contributed by atoms with Gasteiger partial charge in [-0.25, -0.2) is 4.98 Å². The topological polar surface area (TPSA) is 71.1 Å². The molecule has 0 aliphatic heterocycles. The maximum atomic E-state index is 10.2. The Labute approximate surface area is 150 Å². The van der Waals surface area contributed by atoms with Gasteiger partial charge >= 0.3 is 0 Å². The monoisotopic (exact) mass is 355 g/mol. The van der Waals surface area contributed by atoms with Crippen molar-refractivity contribution < 1.29 is 9.84 Å². The Balaban J connectivity index is 1.92. The van der Waals surface area contributed by atoms with Gasteiger partial charge < -0.3 is 14.4 Å². The van der Waals surface area contributed by atoms with Crippen LogP contribution in [0.2, 0.25) is 25.7 Å². The van der Waals surface area contributed by atoms with Gasteiger partial charge in [0.1, 0.15) is 12.6 Å². The number of aliphatic hydroxyl groups excluding tert-OH is 1. The third-order valence-corrected chi connectivity index (χ3v) is 5.49. The van der Waals surface area contributed by atoms with E-state index >= 15 is 0 Å². The maximum absolute atomic E-state index is 10.2. The number of nitriles is 1. The largest absolute Gasteiger partial charge is 0.384 e. The fourth-order valence-corrected chi connectivity index (χ4v) is 2.93. The molecule has 1 heterocycles. The van der Waals surface area contributed by atoms with E-state index in [2.05, 4.69) is 30.7 Å². The SMILES string of the molecule is C[Si](C)(C)CCOCn1ccnc1/C=C/C(O)c1ccc(C#N)cc1. The summed E-state index contributed by atoms with van der Waals surface area (Å²) in [4.78, 5) is 4.29. The molecule has 0 saturated heterocycles. The molecule has 0 amide bonds. The van der Waals surface area contributed by atoms with Crippen molar-refractivity contribution in [3.63, 3.8) is 0 Å². The van der Waals surface area contributed by atoms with Crippen molar-refractivity contribution in [3.05, 3.63) is 59.7 Å². The molecular formula is C19H25N3O2Si. The van der Waals surface area contributed by atoms with Crippen molar-refractivity contribution in [3.8, 4) is 6.07 Å². The molecular weight excluding hydrogens is 330 g/mol. The Kier molecular flexibility index (Phi) is 6.71. The number of imidazole rings is 1. The van der Waals surface area contributed by atoms with E-state index in [9.17, 15) is 5.11 Å². The van der Waals surface area contributed by atoms with Gasteiger partial charge in [0.05, 0.1) is 17.7 Å². The minimum absolute atomic E-state index is 0.455. The molecule has 1 N–H and O–H groups in total. The predicted molar refractivity (Wildman–Crippen MR) is 101 cm³/mol. The Morgan fingerprint density at radius 1 is 1.32 bits per heavy atom. The molecule has 2 aromatic rings. The van der Waals surface area contributed by atoms with Gasteiger partial charge in [-0.2, -0.15) is 5.26 Å². The number of nitrogens with zero attached hydrogens (tertiary/aromatic N) is 3. The van der Waals surface area contributed by atoms with Gasteiger partial charge in [0.2, 0.25) is 0 Å². The van der Waals surface area contributed by atoms with E-state index in [4.69, 9.17) is 10.00 Å². The van der Waals surface area contributed by atoms with Crippen LogP contribution >= 0.6 is 0 Å². The van der Waals surface area contributed by atoms with Gasteiger partial charge in [0, 0.05) is 27.1 Å². The quantitative estimate of drug-likeness (QED) is 0.577. The van der Waals surface area contributed by atoms with E-state index in [0.29, 0.717) is 12.3 Å². The first kappa shape index (κ1) is 19.1. The number of rotatable bonds is 8. The first-order valence-corrected chi connectivity index (χ1v) is 12.0. The summed E-state index contributed by atoms with van der Waals surface area (Å²) >= 11 is 0. The summed E-state index contributed by atoms with van der Waals surface area (Å²) in [5.41, 5.74) is 1.31. The highest BCUT2D eigenvalue weighted by Crippen LogP contribution is 2.16. The molecule has 0 spiro atoms. The van der Waals surface area contributed by atoms with Gasteiger partial charge in [0.25, 0.3) is 0 Å². The standard InChI is InChI=1S/C19H25N3O2Si/c1-25(2,3)13-12-24-15-22-11-10-21-19(22)9-8-18(23)17-6-4-16(14-20)5-7-17/h4-11,18,23H,12-13,15H2,1-3H3/b9-8+. The second kappa shape index (κ2) is 8.76. The molecule has 1 atom stereocenters. The van der Waals surface area contributed by atoms with Crippen LogP contribution < -0.4 is 0 Å². The highest BCUT2D eigenvalue weighted by molar-refractivity contribution is 6.76. The first-order chi connectivity index (χ1) is 11.9. The molecule has 5 nitrogen and oxygen atoms in total. The molecule has 6 heteroatoms. The lowest BCUT2D eigenvalue weighted by Crippen LogP contribution is -2.22. The second-order valence-corrected chi connectivity index (χ2v) is 12.8. The summed E-state index contributed by atoms with van der Waals surface area (Å²) in [6.07, 6.45) is 6.30. The van der Waals surface area contributed by atoms with E-state index < -0.39 is 14.2 Å². The average Bonchev–Trinajstić information content (AvgIpc) is 3.03. The molecule has 132 valence electrons. The molecule has 2 rings (SSSR count). The van der Waals surface area contributed by atoms with Crippen LogP contribution in [0.3, 0.4) is 0 Å². The van der Waals surface area contributed by atoms with Gasteiger partial charge in [-0.3, -0.25) is 0 Å². The third-order valence-electron chi connectivity index (χ3n) is 3.78. The Bertz CT molecular complexity index is 739. The van der Waals surface area contributed by atoms with Crippen LogP contribution in [0.4, 0.5) is 0 Å². The third kappa shape index (κ3) is 6.31. The number of hydrogen-bond acceptors (Lipinski definition) is 4. The maximum Gasteiger partial charge on any atom is 0.134 e. The van der Waals surface area contributed by atoms with Crippen LogP contribution in [0.1, 0.15) is 23.1 Å². The van der Waals surface area contributed by atoms with E-state index in [1.54, 1.807) is 42.6 Å². The molecule has 0 fully saturated rings. The molecule has 1 aromatic carbocycles. The van der Waals surface area contributed by atoms with Crippen LogP contribution in [-0.4, -0.2) is 29.3 Å². The minimum Gasteiger partial charge on any atom is -0.384 e. The van der Waals surface area contributed by atoms with Crippen molar-refractivity contribution in [2.24, 2.45) is 0 Å². The number of benzene rings is 1. The van der Waals surface area contributed by atoms with E-state index in [0.717, 1.165) is 24.0 Å². The highest BCUT2D eigenvalue weighted by atomic mass is 28.3. The van der Waals surface area contributed by atoms with Crippen LogP contribution in [0.5, 0.6) is 0 Å². The molecule has 1 aromatic heterocycles. The first-order valence-electron chi connectivity index (χ1n) is 8.34. The van der Waals surface area contributed by atoms with Crippen molar-refractivity contribution in [2.45, 2.75) is 38.5 Å². The molecule has 0 radical (unpaired) electrons.